The van der Waals surface area contributed by atoms with E-state index in [2.05, 4.69) is 10.2 Å². The van der Waals surface area contributed by atoms with Crippen LogP contribution < -0.4 is 14.8 Å². The second-order valence-corrected chi connectivity index (χ2v) is 10.2. The minimum Gasteiger partial charge on any atom is -0.495 e. The van der Waals surface area contributed by atoms with E-state index in [0.29, 0.717) is 49.9 Å². The van der Waals surface area contributed by atoms with Gasteiger partial charge in [-0.25, -0.2) is 0 Å². The summed E-state index contributed by atoms with van der Waals surface area (Å²) in [5.74, 6) is 0.431. The number of carbonyl (C=O) groups is 2. The Labute approximate surface area is 235 Å². The monoisotopic (exact) mass is 543 g/mol. The van der Waals surface area contributed by atoms with Crippen LogP contribution in [0, 0.1) is 6.92 Å². The highest BCUT2D eigenvalue weighted by Gasteiger charge is 2.44. The van der Waals surface area contributed by atoms with E-state index in [4.69, 9.17) is 14.2 Å². The Bertz CT molecular complexity index is 1340. The highest BCUT2D eigenvalue weighted by molar-refractivity contribution is 6.04. The maximum absolute atomic E-state index is 14.3. The minimum absolute atomic E-state index is 0.0695. The van der Waals surface area contributed by atoms with Gasteiger partial charge in [-0.15, -0.1) is 0 Å². The highest BCUT2D eigenvalue weighted by Crippen LogP contribution is 2.44. The van der Waals surface area contributed by atoms with Crippen LogP contribution in [0.3, 0.4) is 0 Å². The summed E-state index contributed by atoms with van der Waals surface area (Å²) in [4.78, 5) is 32.5. The van der Waals surface area contributed by atoms with Crippen molar-refractivity contribution in [1.29, 1.82) is 0 Å². The van der Waals surface area contributed by atoms with Gasteiger partial charge in [0.2, 0.25) is 5.91 Å². The van der Waals surface area contributed by atoms with Crippen LogP contribution in [0.5, 0.6) is 11.5 Å². The van der Waals surface area contributed by atoms with Gasteiger partial charge >= 0.3 is 0 Å². The van der Waals surface area contributed by atoms with Crippen LogP contribution in [-0.4, -0.2) is 74.7 Å². The molecule has 0 saturated carbocycles. The van der Waals surface area contributed by atoms with Crippen LogP contribution in [0.15, 0.2) is 66.7 Å². The van der Waals surface area contributed by atoms with Crippen molar-refractivity contribution in [3.05, 3.63) is 89.0 Å². The van der Waals surface area contributed by atoms with Crippen LogP contribution in [-0.2, 0) is 9.53 Å². The smallest absolute Gasteiger partial charge is 0.254 e. The van der Waals surface area contributed by atoms with Gasteiger partial charge in [0.05, 0.1) is 44.6 Å². The largest absolute Gasteiger partial charge is 0.495 e. The predicted molar refractivity (Wildman–Crippen MR) is 154 cm³/mol. The molecule has 3 aromatic rings. The molecule has 0 radical (unpaired) electrons. The van der Waals surface area contributed by atoms with Gasteiger partial charge in [-0.05, 0) is 60.9 Å². The molecule has 1 N–H and O–H groups in total. The number of ether oxygens (including phenoxy) is 3. The average Bonchev–Trinajstić information content (AvgIpc) is 2.98. The number of fused-ring (bicyclic) bond motifs is 1. The lowest BCUT2D eigenvalue weighted by atomic mass is 9.79. The summed E-state index contributed by atoms with van der Waals surface area (Å²) in [5.41, 5.74) is 3.77. The van der Waals surface area contributed by atoms with Crippen LogP contribution in [0.1, 0.15) is 45.9 Å². The number of carbonyl (C=O) groups excluding carboxylic acids is 2. The molecule has 0 unspecified atom stereocenters. The Morgan fingerprint density at radius 3 is 2.50 bits per heavy atom. The fraction of sp³-hybridized carbons (Fsp3) is 0.375. The van der Waals surface area contributed by atoms with Crippen LogP contribution in [0.4, 0.5) is 5.69 Å². The SMILES string of the molecule is CCOc1ccc([C@@H]2[C@H](C(=O)Nc3cc(C)ccc3OC)c3ccccc3C(=O)N2CCN2CCOCC2)cc1. The summed E-state index contributed by atoms with van der Waals surface area (Å²) < 4.78 is 16.7. The van der Waals surface area contributed by atoms with Gasteiger partial charge in [0.1, 0.15) is 11.5 Å². The first kappa shape index (κ1) is 27.7. The second-order valence-electron chi connectivity index (χ2n) is 10.2. The van der Waals surface area contributed by atoms with Gasteiger partial charge in [-0.2, -0.15) is 0 Å². The fourth-order valence-corrected chi connectivity index (χ4v) is 5.62. The van der Waals surface area contributed by atoms with Crippen LogP contribution in [0.2, 0.25) is 0 Å². The first-order valence-electron chi connectivity index (χ1n) is 13.9. The summed E-state index contributed by atoms with van der Waals surface area (Å²) in [6.07, 6.45) is 0. The van der Waals surface area contributed by atoms with Crippen molar-refractivity contribution in [3.8, 4) is 11.5 Å². The summed E-state index contributed by atoms with van der Waals surface area (Å²) in [7, 11) is 1.59. The van der Waals surface area contributed by atoms with Crippen molar-refractivity contribution < 1.29 is 23.8 Å². The van der Waals surface area contributed by atoms with E-state index in [9.17, 15) is 9.59 Å². The predicted octanol–water partition coefficient (Wildman–Crippen LogP) is 4.65. The molecule has 2 atom stereocenters. The fourth-order valence-electron chi connectivity index (χ4n) is 5.62. The zero-order valence-electron chi connectivity index (χ0n) is 23.4. The molecule has 0 aromatic heterocycles. The van der Waals surface area contributed by atoms with Crippen molar-refractivity contribution in [2.45, 2.75) is 25.8 Å². The number of anilines is 1. The molecule has 1 saturated heterocycles. The third kappa shape index (κ3) is 5.83. The summed E-state index contributed by atoms with van der Waals surface area (Å²) in [6, 6.07) is 20.4. The van der Waals surface area contributed by atoms with Crippen LogP contribution in [0.25, 0.3) is 0 Å². The Balaban J connectivity index is 1.56. The van der Waals surface area contributed by atoms with E-state index in [0.717, 1.165) is 35.5 Å². The summed E-state index contributed by atoms with van der Waals surface area (Å²) in [6.45, 7) is 8.67. The number of nitrogens with zero attached hydrogens (tertiary/aromatic N) is 2. The van der Waals surface area contributed by atoms with Gasteiger partial charge in [-0.3, -0.25) is 14.5 Å². The number of rotatable bonds is 9. The van der Waals surface area contributed by atoms with E-state index >= 15 is 0 Å². The Hall–Kier alpha value is -3.88. The van der Waals surface area contributed by atoms with E-state index in [1.807, 2.05) is 85.5 Å². The van der Waals surface area contributed by atoms with Crippen molar-refractivity contribution in [2.75, 3.05) is 58.4 Å². The molecule has 0 bridgehead atoms. The standard InChI is InChI=1S/C32H37N3O5/c1-4-40-24-12-10-23(11-13-24)30-29(31(36)33-27-21-22(2)9-14-28(27)38-3)25-7-5-6-8-26(25)32(37)35(30)16-15-34-17-19-39-20-18-34/h5-14,21,29-30H,4,15-20H2,1-3H3,(H,33,36)/t29-,30-/m1/s1. The lowest BCUT2D eigenvalue weighted by molar-refractivity contribution is -0.119. The molecule has 2 aliphatic heterocycles. The number of methoxy groups -OCH3 is 1. The summed E-state index contributed by atoms with van der Waals surface area (Å²) in [5, 5.41) is 3.13. The maximum atomic E-state index is 14.3. The Morgan fingerprint density at radius 1 is 1.02 bits per heavy atom. The summed E-state index contributed by atoms with van der Waals surface area (Å²) >= 11 is 0. The lowest BCUT2D eigenvalue weighted by Gasteiger charge is -2.43. The third-order valence-electron chi connectivity index (χ3n) is 7.63. The normalized spacial score (nSPS) is 19.2. The minimum atomic E-state index is -0.637. The molecule has 0 spiro atoms. The number of amides is 2. The molecule has 8 nitrogen and oxygen atoms in total. The molecule has 3 aromatic carbocycles. The number of nitrogens with one attached hydrogen (secondary N) is 1. The van der Waals surface area contributed by atoms with E-state index < -0.39 is 12.0 Å². The molecule has 2 amide bonds. The van der Waals surface area contributed by atoms with Gasteiger partial charge in [-0.1, -0.05) is 36.4 Å². The first-order chi connectivity index (χ1) is 19.5. The molecular formula is C32H37N3O5. The number of aryl methyl sites for hydroxylation is 1. The van der Waals surface area contributed by atoms with Gasteiger partial charge in [0.15, 0.2) is 0 Å². The third-order valence-corrected chi connectivity index (χ3v) is 7.63. The Morgan fingerprint density at radius 2 is 1.77 bits per heavy atom. The number of benzene rings is 3. The molecule has 0 aliphatic carbocycles. The number of morpholine rings is 1. The molecule has 8 heteroatoms. The quantitative estimate of drug-likeness (QED) is 0.423. The molecular weight excluding hydrogens is 506 g/mol. The Kier molecular flexibility index (Phi) is 8.67. The lowest BCUT2D eigenvalue weighted by Crippen LogP contribution is -2.49. The number of hydrogen-bond acceptors (Lipinski definition) is 6. The molecule has 1 fully saturated rings. The highest BCUT2D eigenvalue weighted by atomic mass is 16.5. The van der Waals surface area contributed by atoms with Crippen molar-refractivity contribution in [1.82, 2.24) is 9.80 Å². The zero-order valence-corrected chi connectivity index (χ0v) is 23.4. The van der Waals surface area contributed by atoms with E-state index in [1.54, 1.807) is 7.11 Å². The first-order valence-corrected chi connectivity index (χ1v) is 13.9. The molecule has 40 heavy (non-hydrogen) atoms. The van der Waals surface area contributed by atoms with E-state index in [-0.39, 0.29) is 11.8 Å². The molecule has 5 rings (SSSR count). The van der Waals surface area contributed by atoms with Crippen LogP contribution >= 0.6 is 0 Å². The van der Waals surface area contributed by atoms with Crippen molar-refractivity contribution in [2.24, 2.45) is 0 Å². The zero-order chi connectivity index (χ0) is 28.1. The molecule has 2 heterocycles. The maximum Gasteiger partial charge on any atom is 0.254 e. The molecule has 2 aliphatic rings. The molecule has 210 valence electrons. The van der Waals surface area contributed by atoms with Gasteiger partial charge < -0.3 is 24.4 Å². The average molecular weight is 544 g/mol. The van der Waals surface area contributed by atoms with Gasteiger partial charge in [0, 0.05) is 31.7 Å². The second kappa shape index (κ2) is 12.5. The van der Waals surface area contributed by atoms with E-state index in [1.165, 1.54) is 0 Å². The van der Waals surface area contributed by atoms with Gasteiger partial charge in [0.25, 0.3) is 5.91 Å². The van der Waals surface area contributed by atoms with Crippen molar-refractivity contribution >= 4 is 17.5 Å². The topological polar surface area (TPSA) is 80.3 Å². The van der Waals surface area contributed by atoms with Crippen molar-refractivity contribution in [3.63, 3.8) is 0 Å². The number of hydrogen-bond donors (Lipinski definition) is 1.